The van der Waals surface area contributed by atoms with Gasteiger partial charge in [0.15, 0.2) is 23.0 Å². The van der Waals surface area contributed by atoms with Crippen LogP contribution in [0.1, 0.15) is 17.3 Å². The molecule has 2 rings (SSSR count). The first kappa shape index (κ1) is 30.8. The Kier molecular flexibility index (Phi) is 14.5. The molecule has 0 fully saturated rings. The molecule has 0 N–H and O–H groups in total. The van der Waals surface area contributed by atoms with Crippen LogP contribution < -0.4 is 136 Å². The first-order chi connectivity index (χ1) is 13.2. The van der Waals surface area contributed by atoms with E-state index in [-0.39, 0.29) is 126 Å². The van der Waals surface area contributed by atoms with E-state index in [2.05, 4.69) is 4.52 Å². The minimum absolute atomic E-state index is 0. The number of hydrogen-bond acceptors (Lipinski definition) is 8. The van der Waals surface area contributed by atoms with Crippen LogP contribution in [0.25, 0.3) is 0 Å². The van der Waals surface area contributed by atoms with Crippen molar-refractivity contribution in [3.8, 4) is 28.7 Å². The fraction of sp³-hybridized carbons (Fsp3) is 0.333. The van der Waals surface area contributed by atoms with Crippen molar-refractivity contribution in [2.75, 3.05) is 28.4 Å². The summed E-state index contributed by atoms with van der Waals surface area (Å²) >= 11 is 0. The van der Waals surface area contributed by atoms with Crippen molar-refractivity contribution in [1.29, 1.82) is 0 Å². The maximum Gasteiger partial charge on any atom is 1.00 e. The van der Waals surface area contributed by atoms with E-state index in [9.17, 15) is 18.7 Å². The smallest absolute Gasteiger partial charge is 0.780 e. The molecule has 1 atom stereocenters. The summed E-state index contributed by atoms with van der Waals surface area (Å²) in [5.41, 5.74) is 0.664. The fourth-order valence-corrected chi connectivity index (χ4v) is 3.03. The van der Waals surface area contributed by atoms with Gasteiger partial charge in [0.1, 0.15) is 14.0 Å². The summed E-state index contributed by atoms with van der Waals surface area (Å²) in [5.74, 6) is 0.681. The molecule has 0 amide bonds. The average Bonchev–Trinajstić information content (AvgIpc) is 2.65. The van der Waals surface area contributed by atoms with Crippen LogP contribution >= 0.6 is 7.82 Å². The van der Waals surface area contributed by atoms with Crippen LogP contribution in [0.2, 0.25) is 0 Å². The van der Waals surface area contributed by atoms with E-state index in [1.807, 2.05) is 0 Å². The Hall–Kier alpha value is 0.793. The third-order valence-electron chi connectivity index (χ3n) is 3.90. The number of phosphoric acid groups is 1. The van der Waals surface area contributed by atoms with E-state index in [0.717, 1.165) is 0 Å². The SMILES string of the molecule is COc1ccc(CC(F)c2cc(OC)c(OC)c(OC)c2)cc1OP(=O)([O-])[O-].[K+].[K+]. The van der Waals surface area contributed by atoms with Crippen molar-refractivity contribution in [1.82, 2.24) is 0 Å². The van der Waals surface area contributed by atoms with Crippen LogP contribution in [0.3, 0.4) is 0 Å². The van der Waals surface area contributed by atoms with Crippen molar-refractivity contribution < 1.29 is 145 Å². The normalized spacial score (nSPS) is 11.4. The number of methoxy groups -OCH3 is 4. The quantitative estimate of drug-likeness (QED) is 0.259. The van der Waals surface area contributed by atoms with E-state index in [0.29, 0.717) is 22.8 Å². The number of halogens is 1. The van der Waals surface area contributed by atoms with Crippen LogP contribution in [-0.2, 0) is 11.0 Å². The first-order valence-corrected chi connectivity index (χ1v) is 9.51. The molecule has 0 heterocycles. The Balaban J connectivity index is 0.00000420. The molecule has 154 valence electrons. The second kappa shape index (κ2) is 14.1. The van der Waals surface area contributed by atoms with Crippen LogP contribution in [0, 0.1) is 0 Å². The minimum Gasteiger partial charge on any atom is -0.780 e. The Morgan fingerprint density at radius 1 is 0.867 bits per heavy atom. The van der Waals surface area contributed by atoms with Crippen molar-refractivity contribution in [3.05, 3.63) is 41.5 Å². The summed E-state index contributed by atoms with van der Waals surface area (Å²) in [6.07, 6.45) is -1.61. The molecule has 0 bridgehead atoms. The first-order valence-electron chi connectivity index (χ1n) is 8.05. The third kappa shape index (κ3) is 8.62. The summed E-state index contributed by atoms with van der Waals surface area (Å²) < 4.78 is 50.8. The summed E-state index contributed by atoms with van der Waals surface area (Å²) in [6, 6.07) is 7.14. The topological polar surface area (TPSA) is 109 Å². The van der Waals surface area contributed by atoms with Crippen molar-refractivity contribution >= 4 is 7.82 Å². The monoisotopic (exact) mass is 492 g/mol. The molecule has 0 aliphatic heterocycles. The molecular formula is C18H20FK2O8P. The molecule has 2 aromatic carbocycles. The summed E-state index contributed by atoms with van der Waals surface area (Å²) in [4.78, 5) is 21.8. The van der Waals surface area contributed by atoms with Gasteiger partial charge in [-0.3, -0.25) is 0 Å². The predicted molar refractivity (Wildman–Crippen MR) is 94.9 cm³/mol. The molecular weight excluding hydrogens is 472 g/mol. The summed E-state index contributed by atoms with van der Waals surface area (Å²) in [5, 5.41) is 0. The largest absolute Gasteiger partial charge is 1.00 e. The van der Waals surface area contributed by atoms with Crippen molar-refractivity contribution in [2.45, 2.75) is 12.6 Å². The van der Waals surface area contributed by atoms with Crippen LogP contribution in [-0.4, -0.2) is 28.4 Å². The zero-order chi connectivity index (χ0) is 20.9. The summed E-state index contributed by atoms with van der Waals surface area (Å²) in [7, 11) is 0.282. The van der Waals surface area contributed by atoms with E-state index < -0.39 is 14.0 Å². The standard InChI is InChI=1S/C18H22FO8P.2K/c1-23-14-6-5-11(8-15(14)27-28(20,21)22)7-13(19)12-9-16(24-2)18(26-4)17(10-12)25-3;;/h5-6,8-10,13H,7H2,1-4H3,(H2,20,21,22);;/q;2*+1/p-2. The van der Waals surface area contributed by atoms with Gasteiger partial charge in [-0.2, -0.15) is 0 Å². The van der Waals surface area contributed by atoms with Gasteiger partial charge < -0.3 is 37.8 Å². The molecule has 0 saturated heterocycles. The number of alkyl halides is 1. The maximum atomic E-state index is 14.9. The van der Waals surface area contributed by atoms with Crippen LogP contribution in [0.15, 0.2) is 30.3 Å². The molecule has 0 radical (unpaired) electrons. The van der Waals surface area contributed by atoms with Crippen molar-refractivity contribution in [2.24, 2.45) is 0 Å². The summed E-state index contributed by atoms with van der Waals surface area (Å²) in [6.45, 7) is 0. The Morgan fingerprint density at radius 3 is 1.83 bits per heavy atom. The van der Waals surface area contributed by atoms with E-state index in [4.69, 9.17) is 18.9 Å². The Morgan fingerprint density at radius 2 is 1.40 bits per heavy atom. The van der Waals surface area contributed by atoms with Crippen LogP contribution in [0.4, 0.5) is 4.39 Å². The molecule has 12 heteroatoms. The third-order valence-corrected chi connectivity index (χ3v) is 4.32. The Labute approximate surface area is 259 Å². The minimum atomic E-state index is -5.29. The van der Waals surface area contributed by atoms with Gasteiger partial charge in [-0.25, -0.2) is 4.39 Å². The van der Waals surface area contributed by atoms with Gasteiger partial charge in [0.2, 0.25) is 5.75 Å². The van der Waals surface area contributed by atoms with E-state index in [1.165, 1.54) is 58.8 Å². The molecule has 8 nitrogen and oxygen atoms in total. The Bertz CT molecular complexity index is 852. The van der Waals surface area contributed by atoms with Gasteiger partial charge in [0.25, 0.3) is 0 Å². The molecule has 0 aliphatic rings. The second-order valence-corrected chi connectivity index (χ2v) is 6.73. The fourth-order valence-electron chi connectivity index (χ4n) is 2.65. The maximum absolute atomic E-state index is 14.9. The van der Waals surface area contributed by atoms with Crippen molar-refractivity contribution in [3.63, 3.8) is 0 Å². The average molecular weight is 493 g/mol. The van der Waals surface area contributed by atoms with Gasteiger partial charge in [-0.15, -0.1) is 0 Å². The van der Waals surface area contributed by atoms with Gasteiger partial charge in [-0.05, 0) is 35.4 Å². The second-order valence-electron chi connectivity index (χ2n) is 5.65. The number of ether oxygens (including phenoxy) is 4. The van der Waals surface area contributed by atoms with E-state index >= 15 is 0 Å². The molecule has 0 saturated carbocycles. The number of phosphoric ester groups is 1. The van der Waals surface area contributed by atoms with Gasteiger partial charge in [0, 0.05) is 6.42 Å². The van der Waals surface area contributed by atoms with E-state index in [1.54, 1.807) is 0 Å². The number of hydrogen-bond donors (Lipinski definition) is 0. The van der Waals surface area contributed by atoms with Gasteiger partial charge in [0.05, 0.1) is 28.4 Å². The molecule has 1 unspecified atom stereocenters. The zero-order valence-corrected chi connectivity index (χ0v) is 24.9. The molecule has 2 aromatic rings. The molecule has 0 aromatic heterocycles. The van der Waals surface area contributed by atoms with Crippen LogP contribution in [0.5, 0.6) is 28.7 Å². The molecule has 0 aliphatic carbocycles. The zero-order valence-electron chi connectivity index (χ0n) is 17.8. The molecule has 0 spiro atoms. The van der Waals surface area contributed by atoms with Gasteiger partial charge >= 0.3 is 103 Å². The molecule has 30 heavy (non-hydrogen) atoms. The van der Waals surface area contributed by atoms with Gasteiger partial charge in [-0.1, -0.05) is 6.07 Å². The predicted octanol–water partition coefficient (Wildman–Crippen LogP) is -3.81. The number of rotatable bonds is 9. The number of benzene rings is 2.